The highest BCUT2D eigenvalue weighted by atomic mass is 32.2. The average Bonchev–Trinajstić information content (AvgIpc) is 2.83. The molecular formula is C14H27N5O2S2. The third-order valence-electron chi connectivity index (χ3n) is 3.28. The molecule has 0 radical (unpaired) electrons. The van der Waals surface area contributed by atoms with Gasteiger partial charge >= 0.3 is 0 Å². The maximum atomic E-state index is 11.3. The summed E-state index contributed by atoms with van der Waals surface area (Å²) in [6.07, 6.45) is 1.56. The second-order valence-corrected chi connectivity index (χ2v) is 8.46. The Morgan fingerprint density at radius 1 is 1.22 bits per heavy atom. The molecule has 0 saturated heterocycles. The molecular weight excluding hydrogens is 334 g/mol. The molecule has 0 aliphatic heterocycles. The van der Waals surface area contributed by atoms with Crippen molar-refractivity contribution in [2.24, 2.45) is 4.99 Å². The number of nitrogens with zero attached hydrogens (tertiary/aromatic N) is 2. The third-order valence-corrected chi connectivity index (χ3v) is 5.81. The zero-order valence-corrected chi connectivity index (χ0v) is 15.9. The smallest absolute Gasteiger partial charge is 0.211 e. The molecule has 1 rings (SSSR count). The summed E-state index contributed by atoms with van der Waals surface area (Å²) in [6.45, 7) is 7.57. The molecule has 9 heteroatoms. The van der Waals surface area contributed by atoms with Crippen LogP contribution in [0.2, 0.25) is 0 Å². The topological polar surface area (TPSA) is 95.5 Å². The van der Waals surface area contributed by atoms with Crippen LogP contribution in [0.3, 0.4) is 0 Å². The number of sulfonamides is 1. The van der Waals surface area contributed by atoms with E-state index >= 15 is 0 Å². The van der Waals surface area contributed by atoms with Crippen LogP contribution in [0.5, 0.6) is 0 Å². The molecule has 0 unspecified atom stereocenters. The minimum atomic E-state index is -3.10. The van der Waals surface area contributed by atoms with E-state index in [9.17, 15) is 8.42 Å². The molecule has 23 heavy (non-hydrogen) atoms. The van der Waals surface area contributed by atoms with Crippen LogP contribution in [0.25, 0.3) is 0 Å². The van der Waals surface area contributed by atoms with Crippen molar-refractivity contribution in [2.75, 3.05) is 32.4 Å². The molecule has 1 aromatic heterocycles. The molecule has 3 N–H and O–H groups in total. The molecule has 0 aliphatic rings. The van der Waals surface area contributed by atoms with Crippen LogP contribution >= 0.6 is 11.3 Å². The van der Waals surface area contributed by atoms with Crippen LogP contribution in [0, 0.1) is 13.8 Å². The first-order valence-electron chi connectivity index (χ1n) is 7.72. The Kier molecular flexibility index (Phi) is 8.49. The van der Waals surface area contributed by atoms with Crippen LogP contribution in [-0.2, 0) is 16.4 Å². The lowest BCUT2D eigenvalue weighted by molar-refractivity contribution is 0.579. The van der Waals surface area contributed by atoms with E-state index in [1.165, 1.54) is 4.88 Å². The molecule has 7 nitrogen and oxygen atoms in total. The molecule has 0 aromatic carbocycles. The van der Waals surface area contributed by atoms with Crippen molar-refractivity contribution in [3.05, 3.63) is 15.6 Å². The fourth-order valence-electron chi connectivity index (χ4n) is 1.78. The van der Waals surface area contributed by atoms with Crippen LogP contribution in [0.4, 0.5) is 0 Å². The van der Waals surface area contributed by atoms with Gasteiger partial charge < -0.3 is 10.6 Å². The van der Waals surface area contributed by atoms with Gasteiger partial charge in [0.25, 0.3) is 0 Å². The quantitative estimate of drug-likeness (QED) is 0.343. The van der Waals surface area contributed by atoms with Gasteiger partial charge in [-0.15, -0.1) is 11.3 Å². The predicted octanol–water partition coefficient (Wildman–Crippen LogP) is 0.797. The molecule has 0 bridgehead atoms. The number of hydrogen-bond acceptors (Lipinski definition) is 5. The maximum Gasteiger partial charge on any atom is 0.211 e. The normalized spacial score (nSPS) is 12.4. The van der Waals surface area contributed by atoms with E-state index in [1.807, 2.05) is 6.92 Å². The van der Waals surface area contributed by atoms with Crippen molar-refractivity contribution in [3.63, 3.8) is 0 Å². The molecule has 0 saturated carbocycles. The molecule has 0 amide bonds. The van der Waals surface area contributed by atoms with Gasteiger partial charge in [-0.2, -0.15) is 0 Å². The summed E-state index contributed by atoms with van der Waals surface area (Å²) < 4.78 is 25.1. The van der Waals surface area contributed by atoms with Gasteiger partial charge in [-0.25, -0.2) is 18.1 Å². The molecule has 1 heterocycles. The Bertz CT molecular complexity index is 591. The lowest BCUT2D eigenvalue weighted by atomic mass is 10.4. The van der Waals surface area contributed by atoms with E-state index in [0.717, 1.165) is 23.7 Å². The number of guanidine groups is 1. The maximum absolute atomic E-state index is 11.3. The van der Waals surface area contributed by atoms with Gasteiger partial charge in [-0.05, 0) is 27.2 Å². The minimum Gasteiger partial charge on any atom is -0.356 e. The number of aromatic nitrogens is 1. The Hall–Kier alpha value is -1.19. The SMILES string of the molecule is CCS(=O)(=O)NCCCNC(=NC)NCCc1nc(C)c(C)s1. The summed E-state index contributed by atoms with van der Waals surface area (Å²) in [5.74, 6) is 0.827. The summed E-state index contributed by atoms with van der Waals surface area (Å²) in [7, 11) is -1.39. The van der Waals surface area contributed by atoms with Crippen LogP contribution in [0.1, 0.15) is 28.9 Å². The standard InChI is InChI=1S/C14H27N5O2S2/c1-5-23(20,21)18-9-6-8-16-14(15-4)17-10-7-13-19-11(2)12(3)22-13/h18H,5-10H2,1-4H3,(H2,15,16,17). The molecule has 132 valence electrons. The van der Waals surface area contributed by atoms with Crippen LogP contribution in [0.15, 0.2) is 4.99 Å². The van der Waals surface area contributed by atoms with E-state index < -0.39 is 10.0 Å². The fraction of sp³-hybridized carbons (Fsp3) is 0.714. The number of aryl methyl sites for hydroxylation is 2. The van der Waals surface area contributed by atoms with E-state index in [0.29, 0.717) is 25.5 Å². The Labute approximate surface area is 143 Å². The van der Waals surface area contributed by atoms with E-state index in [4.69, 9.17) is 0 Å². The van der Waals surface area contributed by atoms with Crippen molar-refractivity contribution < 1.29 is 8.42 Å². The lowest BCUT2D eigenvalue weighted by Gasteiger charge is -2.11. The highest BCUT2D eigenvalue weighted by molar-refractivity contribution is 7.89. The first kappa shape index (κ1) is 19.9. The zero-order valence-electron chi connectivity index (χ0n) is 14.3. The summed E-state index contributed by atoms with van der Waals surface area (Å²) >= 11 is 1.73. The first-order valence-corrected chi connectivity index (χ1v) is 10.2. The summed E-state index contributed by atoms with van der Waals surface area (Å²) in [4.78, 5) is 9.91. The number of thiazole rings is 1. The lowest BCUT2D eigenvalue weighted by Crippen LogP contribution is -2.39. The highest BCUT2D eigenvalue weighted by Crippen LogP contribution is 2.16. The Balaban J connectivity index is 2.20. The summed E-state index contributed by atoms with van der Waals surface area (Å²) in [6, 6.07) is 0. The van der Waals surface area contributed by atoms with Gasteiger partial charge in [-0.1, -0.05) is 0 Å². The predicted molar refractivity (Wildman–Crippen MR) is 96.7 cm³/mol. The Morgan fingerprint density at radius 2 is 1.91 bits per heavy atom. The number of rotatable bonds is 9. The molecule has 0 spiro atoms. The van der Waals surface area contributed by atoms with Crippen molar-refractivity contribution in [1.82, 2.24) is 20.3 Å². The molecule has 1 aromatic rings. The minimum absolute atomic E-state index is 0.110. The summed E-state index contributed by atoms with van der Waals surface area (Å²) in [5.41, 5.74) is 1.10. The number of hydrogen-bond donors (Lipinski definition) is 3. The van der Waals surface area contributed by atoms with Gasteiger partial charge in [-0.3, -0.25) is 4.99 Å². The van der Waals surface area contributed by atoms with Crippen molar-refractivity contribution in [3.8, 4) is 0 Å². The second-order valence-electron chi connectivity index (χ2n) is 5.08. The number of nitrogens with one attached hydrogen (secondary N) is 3. The van der Waals surface area contributed by atoms with Crippen molar-refractivity contribution in [1.29, 1.82) is 0 Å². The summed E-state index contributed by atoms with van der Waals surface area (Å²) in [5, 5.41) is 7.52. The van der Waals surface area contributed by atoms with Gasteiger partial charge in [0, 0.05) is 38.0 Å². The number of aliphatic imine (C=N–C) groups is 1. The van der Waals surface area contributed by atoms with Crippen molar-refractivity contribution in [2.45, 2.75) is 33.6 Å². The van der Waals surface area contributed by atoms with E-state index in [1.54, 1.807) is 25.3 Å². The van der Waals surface area contributed by atoms with E-state index in [-0.39, 0.29) is 5.75 Å². The zero-order chi connectivity index (χ0) is 17.3. The van der Waals surface area contributed by atoms with Gasteiger partial charge in [0.15, 0.2) is 5.96 Å². The molecule has 0 aliphatic carbocycles. The van der Waals surface area contributed by atoms with Crippen LogP contribution in [-0.4, -0.2) is 51.8 Å². The van der Waals surface area contributed by atoms with Gasteiger partial charge in [0.2, 0.25) is 10.0 Å². The highest BCUT2D eigenvalue weighted by Gasteiger charge is 2.05. The monoisotopic (exact) mass is 361 g/mol. The third kappa shape index (κ3) is 7.76. The van der Waals surface area contributed by atoms with E-state index in [2.05, 4.69) is 32.3 Å². The van der Waals surface area contributed by atoms with Gasteiger partial charge in [0.1, 0.15) is 0 Å². The van der Waals surface area contributed by atoms with Crippen molar-refractivity contribution >= 4 is 27.3 Å². The van der Waals surface area contributed by atoms with Gasteiger partial charge in [0.05, 0.1) is 16.5 Å². The molecule has 0 atom stereocenters. The largest absolute Gasteiger partial charge is 0.356 e. The van der Waals surface area contributed by atoms with Crippen LogP contribution < -0.4 is 15.4 Å². The fourth-order valence-corrected chi connectivity index (χ4v) is 3.37. The Morgan fingerprint density at radius 3 is 2.48 bits per heavy atom. The average molecular weight is 362 g/mol. The second kappa shape index (κ2) is 9.84. The molecule has 0 fully saturated rings. The first-order chi connectivity index (χ1) is 10.9.